The summed E-state index contributed by atoms with van der Waals surface area (Å²) in [4.78, 5) is 37.8. The summed E-state index contributed by atoms with van der Waals surface area (Å²) >= 11 is 0. The topological polar surface area (TPSA) is 93.7 Å². The molecule has 2 N–H and O–H groups in total. The first-order valence-electron chi connectivity index (χ1n) is 20.7. The molecule has 51 heavy (non-hydrogen) atoms. The van der Waals surface area contributed by atoms with Crippen LogP contribution in [0.2, 0.25) is 0 Å². The van der Waals surface area contributed by atoms with E-state index in [0.29, 0.717) is 13.0 Å². The molecule has 0 spiro atoms. The number of carbonyl (C=O) groups is 3. The average molecular weight is 715 g/mol. The molecule has 0 aliphatic carbocycles. The van der Waals surface area contributed by atoms with Crippen LogP contribution in [0.3, 0.4) is 0 Å². The minimum absolute atomic E-state index is 0.0780. The van der Waals surface area contributed by atoms with Crippen molar-refractivity contribution in [1.29, 1.82) is 0 Å². The Hall–Kier alpha value is -2.83. The minimum atomic E-state index is -0.951. The third-order valence-corrected chi connectivity index (χ3v) is 8.41. The smallest absolute Gasteiger partial charge is 0.407 e. The summed E-state index contributed by atoms with van der Waals surface area (Å²) in [5, 5.41) is 5.40. The van der Waals surface area contributed by atoms with E-state index in [9.17, 15) is 14.4 Å². The fourth-order valence-electron chi connectivity index (χ4n) is 5.42. The fourth-order valence-corrected chi connectivity index (χ4v) is 5.42. The highest BCUT2D eigenvalue weighted by Gasteiger charge is 2.24. The van der Waals surface area contributed by atoms with Gasteiger partial charge in [0.1, 0.15) is 11.6 Å². The summed E-state index contributed by atoms with van der Waals surface area (Å²) in [6, 6.07) is -0.951. The maximum absolute atomic E-state index is 12.9. The second kappa shape index (κ2) is 35.6. The van der Waals surface area contributed by atoms with Crippen LogP contribution in [0.5, 0.6) is 0 Å². The number of esters is 1. The molecule has 294 valence electrons. The van der Waals surface area contributed by atoms with Gasteiger partial charge in [-0.15, -0.1) is 0 Å². The van der Waals surface area contributed by atoms with Gasteiger partial charge in [-0.25, -0.2) is 9.59 Å². The summed E-state index contributed by atoms with van der Waals surface area (Å²) in [7, 11) is 0. The van der Waals surface area contributed by atoms with E-state index in [2.05, 4.69) is 73.1 Å². The minimum Gasteiger partial charge on any atom is -0.464 e. The quantitative estimate of drug-likeness (QED) is 0.0401. The molecule has 0 bridgehead atoms. The highest BCUT2D eigenvalue weighted by atomic mass is 16.6. The van der Waals surface area contributed by atoms with Gasteiger partial charge >= 0.3 is 12.1 Å². The predicted molar refractivity (Wildman–Crippen MR) is 216 cm³/mol. The number of amides is 2. The van der Waals surface area contributed by atoms with Crippen LogP contribution in [0.4, 0.5) is 4.79 Å². The zero-order valence-electron chi connectivity index (χ0n) is 33.6. The number of unbranched alkanes of at least 4 members (excludes halogenated alkanes) is 17. The second-order valence-electron chi connectivity index (χ2n) is 14.7. The molecule has 7 nitrogen and oxygen atoms in total. The van der Waals surface area contributed by atoms with Crippen LogP contribution < -0.4 is 10.6 Å². The Labute approximate surface area is 313 Å². The number of hydrogen-bond acceptors (Lipinski definition) is 5. The summed E-state index contributed by atoms with van der Waals surface area (Å²) in [5.41, 5.74) is -0.661. The van der Waals surface area contributed by atoms with Gasteiger partial charge in [-0.3, -0.25) is 4.79 Å². The van der Waals surface area contributed by atoms with E-state index in [4.69, 9.17) is 9.47 Å². The van der Waals surface area contributed by atoms with Crippen molar-refractivity contribution in [2.75, 3.05) is 13.2 Å². The lowest BCUT2D eigenvalue weighted by Gasteiger charge is -2.22. The van der Waals surface area contributed by atoms with E-state index in [-0.39, 0.29) is 12.5 Å². The first kappa shape index (κ1) is 48.2. The van der Waals surface area contributed by atoms with Gasteiger partial charge in [0.2, 0.25) is 5.91 Å². The van der Waals surface area contributed by atoms with Crippen LogP contribution in [0, 0.1) is 0 Å². The van der Waals surface area contributed by atoms with E-state index in [1.807, 2.05) is 0 Å². The van der Waals surface area contributed by atoms with E-state index in [1.165, 1.54) is 70.6 Å². The van der Waals surface area contributed by atoms with Gasteiger partial charge in [0, 0.05) is 6.42 Å². The predicted octanol–water partition coefficient (Wildman–Crippen LogP) is 12.2. The lowest BCUT2D eigenvalue weighted by molar-refractivity contribution is -0.147. The molecule has 0 heterocycles. The molecular formula is C44H78N2O5. The van der Waals surface area contributed by atoms with Crippen LogP contribution in [0.1, 0.15) is 189 Å². The van der Waals surface area contributed by atoms with Gasteiger partial charge in [-0.1, -0.05) is 133 Å². The molecule has 0 aliphatic rings. The molecule has 0 rings (SSSR count). The van der Waals surface area contributed by atoms with Gasteiger partial charge in [0.25, 0.3) is 0 Å². The Morgan fingerprint density at radius 1 is 0.569 bits per heavy atom. The molecule has 0 aliphatic heterocycles. The molecule has 0 saturated heterocycles. The Kier molecular flexibility index (Phi) is 33.6. The maximum atomic E-state index is 12.9. The first-order chi connectivity index (χ1) is 24.7. The Morgan fingerprint density at radius 2 is 1.00 bits per heavy atom. The summed E-state index contributed by atoms with van der Waals surface area (Å²) in [5.74, 6) is -0.732. The molecular weight excluding hydrogens is 636 g/mol. The van der Waals surface area contributed by atoms with Crippen LogP contribution in [-0.2, 0) is 19.1 Å². The Morgan fingerprint density at radius 3 is 1.47 bits per heavy atom. The van der Waals surface area contributed by atoms with E-state index in [0.717, 1.165) is 77.0 Å². The van der Waals surface area contributed by atoms with Gasteiger partial charge in [0.05, 0.1) is 13.2 Å². The molecule has 0 aromatic rings. The molecule has 1 atom stereocenters. The van der Waals surface area contributed by atoms with Crippen molar-refractivity contribution in [3.05, 3.63) is 48.6 Å². The van der Waals surface area contributed by atoms with Crippen molar-refractivity contribution in [3.63, 3.8) is 0 Å². The summed E-state index contributed by atoms with van der Waals surface area (Å²) in [6.07, 6.45) is 43.9. The van der Waals surface area contributed by atoms with Gasteiger partial charge in [-0.2, -0.15) is 0 Å². The van der Waals surface area contributed by atoms with Crippen molar-refractivity contribution in [2.45, 2.75) is 200 Å². The normalized spacial score (nSPS) is 12.7. The van der Waals surface area contributed by atoms with E-state index >= 15 is 0 Å². The lowest BCUT2D eigenvalue weighted by Crippen LogP contribution is -2.49. The van der Waals surface area contributed by atoms with E-state index in [1.54, 1.807) is 20.8 Å². The largest absolute Gasteiger partial charge is 0.464 e. The molecule has 7 heteroatoms. The Balaban J connectivity index is 4.25. The third-order valence-electron chi connectivity index (χ3n) is 8.41. The zero-order valence-corrected chi connectivity index (χ0v) is 33.6. The SMILES string of the molecule is CCCCC/C=C\C/C=C\CCCCCCCCOC(=O)[C@H](CNC(=O)OC(C)(C)C)NC(=O)CCCCCCC/C=C\C/C=C\CCCCC. The monoisotopic (exact) mass is 715 g/mol. The van der Waals surface area contributed by atoms with Crippen molar-refractivity contribution in [2.24, 2.45) is 0 Å². The van der Waals surface area contributed by atoms with Gasteiger partial charge < -0.3 is 20.1 Å². The molecule has 0 fully saturated rings. The van der Waals surface area contributed by atoms with Crippen LogP contribution in [0.25, 0.3) is 0 Å². The summed E-state index contributed by atoms with van der Waals surface area (Å²) in [6.45, 7) is 10.0. The van der Waals surface area contributed by atoms with Crippen molar-refractivity contribution in [3.8, 4) is 0 Å². The highest BCUT2D eigenvalue weighted by Crippen LogP contribution is 2.11. The Bertz CT molecular complexity index is 963. The summed E-state index contributed by atoms with van der Waals surface area (Å²) < 4.78 is 10.8. The first-order valence-corrected chi connectivity index (χ1v) is 20.7. The number of ether oxygens (including phenoxy) is 2. The zero-order chi connectivity index (χ0) is 37.7. The van der Waals surface area contributed by atoms with Gasteiger partial charge in [0.15, 0.2) is 0 Å². The number of hydrogen-bond donors (Lipinski definition) is 2. The molecule has 2 amide bonds. The van der Waals surface area contributed by atoms with Crippen LogP contribution in [-0.4, -0.2) is 42.8 Å². The molecule has 0 aromatic heterocycles. The van der Waals surface area contributed by atoms with Gasteiger partial charge in [-0.05, 0) is 97.8 Å². The average Bonchev–Trinajstić information content (AvgIpc) is 3.08. The standard InChI is InChI=1S/C44H78N2O5/c1-6-8-10-12-14-16-18-20-22-24-26-28-30-32-34-36-38-50-42(48)40(39-45-43(49)51-44(3,4)5)46-41(47)37-35-33-31-29-27-25-23-21-19-17-15-13-11-9-7-2/h14-17,20-23,40H,6-13,18-19,24-39H2,1-5H3,(H,45,49)(H,46,47)/b16-14-,17-15-,22-20-,23-21-/t40-/m0/s1. The second-order valence-corrected chi connectivity index (χ2v) is 14.7. The maximum Gasteiger partial charge on any atom is 0.407 e. The van der Waals surface area contributed by atoms with Crippen molar-refractivity contribution in [1.82, 2.24) is 10.6 Å². The lowest BCUT2D eigenvalue weighted by atomic mass is 10.1. The van der Waals surface area contributed by atoms with E-state index < -0.39 is 23.7 Å². The molecule has 0 unspecified atom stereocenters. The third kappa shape index (κ3) is 36.8. The molecule has 0 aromatic carbocycles. The van der Waals surface area contributed by atoms with Crippen LogP contribution in [0.15, 0.2) is 48.6 Å². The number of carbonyl (C=O) groups excluding carboxylic acids is 3. The van der Waals surface area contributed by atoms with Crippen molar-refractivity contribution >= 4 is 18.0 Å². The molecule has 0 radical (unpaired) electrons. The number of rotatable bonds is 33. The highest BCUT2D eigenvalue weighted by molar-refractivity contribution is 5.85. The number of nitrogens with one attached hydrogen (secondary N) is 2. The van der Waals surface area contributed by atoms with Crippen LogP contribution >= 0.6 is 0 Å². The number of allylic oxidation sites excluding steroid dienone is 8. The molecule has 0 saturated carbocycles. The van der Waals surface area contributed by atoms with Crippen molar-refractivity contribution < 1.29 is 23.9 Å². The number of alkyl carbamates (subject to hydrolysis) is 1. The fraction of sp³-hybridized carbons (Fsp3) is 0.750.